The molecule has 0 unspecified atom stereocenters. The highest BCUT2D eigenvalue weighted by Crippen LogP contribution is 2.34. The van der Waals surface area contributed by atoms with Crippen molar-refractivity contribution in [2.24, 2.45) is 0 Å². The number of ether oxygens (including phenoxy) is 1. The van der Waals surface area contributed by atoms with Crippen molar-refractivity contribution in [2.75, 3.05) is 32.1 Å². The van der Waals surface area contributed by atoms with Crippen LogP contribution in [-0.4, -0.2) is 55.2 Å². The number of anilines is 1. The van der Waals surface area contributed by atoms with Crippen molar-refractivity contribution in [3.63, 3.8) is 0 Å². The fourth-order valence-corrected chi connectivity index (χ4v) is 7.12. The molecule has 0 saturated carbocycles. The number of nitrogens with one attached hydrogen (secondary N) is 1. The molecule has 4 aromatic rings. The molecule has 0 aliphatic carbocycles. The summed E-state index contributed by atoms with van der Waals surface area (Å²) < 4.78 is 36.1. The van der Waals surface area contributed by atoms with Crippen molar-refractivity contribution in [3.05, 3.63) is 94.7 Å². The zero-order chi connectivity index (χ0) is 29.7. The molecule has 216 valence electrons. The van der Waals surface area contributed by atoms with Gasteiger partial charge >= 0.3 is 0 Å². The van der Waals surface area contributed by atoms with Gasteiger partial charge in [-0.05, 0) is 69.4 Å². The van der Waals surface area contributed by atoms with Gasteiger partial charge in [0.15, 0.2) is 0 Å². The van der Waals surface area contributed by atoms with Crippen LogP contribution < -0.4 is 5.32 Å². The van der Waals surface area contributed by atoms with Crippen LogP contribution in [0.15, 0.2) is 71.6 Å². The van der Waals surface area contributed by atoms with Crippen molar-refractivity contribution in [1.29, 1.82) is 0 Å². The van der Waals surface area contributed by atoms with Gasteiger partial charge in [0, 0.05) is 25.8 Å². The van der Waals surface area contributed by atoms with Crippen molar-refractivity contribution < 1.29 is 17.9 Å². The molecule has 3 aromatic carbocycles. The second-order valence-electron chi connectivity index (χ2n) is 10.3. The third-order valence-electron chi connectivity index (χ3n) is 7.00. The number of carbonyl (C=O) groups excluding carboxylic acids is 1. The van der Waals surface area contributed by atoms with Crippen molar-refractivity contribution in [3.8, 4) is 16.8 Å². The van der Waals surface area contributed by atoms with E-state index in [4.69, 9.17) is 9.84 Å². The Morgan fingerprint density at radius 1 is 0.927 bits per heavy atom. The fraction of sp³-hybridized carbons (Fsp3) is 0.312. The van der Waals surface area contributed by atoms with E-state index in [2.05, 4.69) is 5.32 Å². The lowest BCUT2D eigenvalue weighted by molar-refractivity contribution is -0.116. The molecule has 0 aliphatic heterocycles. The Bertz CT molecular complexity index is 1620. The van der Waals surface area contributed by atoms with Crippen LogP contribution in [-0.2, 0) is 19.6 Å². The largest absolute Gasteiger partial charge is 0.385 e. The van der Waals surface area contributed by atoms with Gasteiger partial charge in [-0.15, -0.1) is 0 Å². The van der Waals surface area contributed by atoms with E-state index in [1.165, 1.54) is 4.31 Å². The fourth-order valence-electron chi connectivity index (χ4n) is 5.27. The van der Waals surface area contributed by atoms with Crippen LogP contribution in [0.3, 0.4) is 0 Å². The summed E-state index contributed by atoms with van der Waals surface area (Å²) in [6, 6.07) is 21.2. The molecule has 0 spiro atoms. The highest BCUT2D eigenvalue weighted by atomic mass is 32.2. The topological polar surface area (TPSA) is 93.5 Å². The number of hydrogen-bond donors (Lipinski definition) is 1. The first-order valence-electron chi connectivity index (χ1n) is 13.6. The molecule has 0 saturated heterocycles. The Morgan fingerprint density at radius 2 is 1.56 bits per heavy atom. The molecule has 1 aromatic heterocycles. The summed E-state index contributed by atoms with van der Waals surface area (Å²) in [4.78, 5) is 14.0. The van der Waals surface area contributed by atoms with Crippen LogP contribution >= 0.6 is 0 Å². The van der Waals surface area contributed by atoms with Gasteiger partial charge in [0.1, 0.15) is 5.82 Å². The number of aromatic nitrogens is 2. The molecule has 0 radical (unpaired) electrons. The second-order valence-corrected chi connectivity index (χ2v) is 12.2. The first-order chi connectivity index (χ1) is 19.5. The lowest BCUT2D eigenvalue weighted by Gasteiger charge is -2.24. The molecule has 8 nitrogen and oxygen atoms in total. The third-order valence-corrected chi connectivity index (χ3v) is 9.15. The average Bonchev–Trinajstić information content (AvgIpc) is 3.23. The Balaban J connectivity index is 1.75. The minimum atomic E-state index is -3.98. The van der Waals surface area contributed by atoms with E-state index in [0.717, 1.165) is 33.6 Å². The molecule has 1 amide bonds. The SMILES string of the molecule is COCCCN(CC(=O)Nc1c(-c2ccccc2)c(C)nn1-c1ccccc1C)S(=O)(=O)c1c(C)cc(C)cc1C. The molecule has 9 heteroatoms. The van der Waals surface area contributed by atoms with Gasteiger partial charge < -0.3 is 10.1 Å². The molecule has 0 bridgehead atoms. The van der Waals surface area contributed by atoms with Crippen molar-refractivity contribution in [1.82, 2.24) is 14.1 Å². The van der Waals surface area contributed by atoms with Crippen LogP contribution in [0, 0.1) is 34.6 Å². The van der Waals surface area contributed by atoms with E-state index in [1.807, 2.05) is 87.5 Å². The molecule has 41 heavy (non-hydrogen) atoms. The molecular formula is C32H38N4O4S. The minimum absolute atomic E-state index is 0.137. The van der Waals surface area contributed by atoms with Crippen LogP contribution in [0.5, 0.6) is 0 Å². The molecule has 1 heterocycles. The zero-order valence-corrected chi connectivity index (χ0v) is 25.4. The van der Waals surface area contributed by atoms with Gasteiger partial charge in [-0.25, -0.2) is 13.1 Å². The van der Waals surface area contributed by atoms with Gasteiger partial charge in [-0.3, -0.25) is 4.79 Å². The summed E-state index contributed by atoms with van der Waals surface area (Å²) in [6.07, 6.45) is 0.447. The number of aryl methyl sites for hydroxylation is 5. The smallest absolute Gasteiger partial charge is 0.244 e. The molecule has 1 N–H and O–H groups in total. The van der Waals surface area contributed by atoms with E-state index < -0.39 is 15.9 Å². The summed E-state index contributed by atoms with van der Waals surface area (Å²) in [7, 11) is -2.41. The summed E-state index contributed by atoms with van der Waals surface area (Å²) >= 11 is 0. The second kappa shape index (κ2) is 12.8. The number of sulfonamides is 1. The molecule has 4 rings (SSSR count). The number of nitrogens with zero attached hydrogens (tertiary/aromatic N) is 3. The Hall–Kier alpha value is -3.79. The number of para-hydroxylation sites is 1. The lowest BCUT2D eigenvalue weighted by atomic mass is 10.1. The van der Waals surface area contributed by atoms with Crippen LogP contribution in [0.4, 0.5) is 5.82 Å². The van der Waals surface area contributed by atoms with Gasteiger partial charge in [0.05, 0.1) is 22.8 Å². The number of methoxy groups -OCH3 is 1. The maximum absolute atomic E-state index is 14.0. The third kappa shape index (κ3) is 6.59. The zero-order valence-electron chi connectivity index (χ0n) is 24.6. The Morgan fingerprint density at radius 3 is 2.20 bits per heavy atom. The van der Waals surface area contributed by atoms with Crippen LogP contribution in [0.1, 0.15) is 34.4 Å². The number of hydrogen-bond acceptors (Lipinski definition) is 5. The predicted molar refractivity (Wildman–Crippen MR) is 163 cm³/mol. The van der Waals surface area contributed by atoms with Crippen LogP contribution in [0.2, 0.25) is 0 Å². The van der Waals surface area contributed by atoms with Gasteiger partial charge in [0.2, 0.25) is 15.9 Å². The predicted octanol–water partition coefficient (Wildman–Crippen LogP) is 5.75. The average molecular weight is 575 g/mol. The maximum Gasteiger partial charge on any atom is 0.244 e. The number of benzene rings is 3. The highest BCUT2D eigenvalue weighted by molar-refractivity contribution is 7.89. The van der Waals surface area contributed by atoms with E-state index >= 15 is 0 Å². The van der Waals surface area contributed by atoms with E-state index in [-0.39, 0.29) is 18.0 Å². The first-order valence-corrected chi connectivity index (χ1v) is 15.1. The first kappa shape index (κ1) is 30.2. The highest BCUT2D eigenvalue weighted by Gasteiger charge is 2.30. The summed E-state index contributed by atoms with van der Waals surface area (Å²) in [5.74, 6) is 0.0326. The van der Waals surface area contributed by atoms with Gasteiger partial charge in [0.25, 0.3) is 0 Å². The Labute approximate surface area is 243 Å². The number of rotatable bonds is 11. The summed E-state index contributed by atoms with van der Waals surface area (Å²) in [5.41, 5.74) is 6.51. The summed E-state index contributed by atoms with van der Waals surface area (Å²) in [6.45, 7) is 9.55. The molecule has 0 atom stereocenters. The van der Waals surface area contributed by atoms with Gasteiger partial charge in [-0.2, -0.15) is 9.40 Å². The Kier molecular flexibility index (Phi) is 9.42. The van der Waals surface area contributed by atoms with E-state index in [9.17, 15) is 13.2 Å². The quantitative estimate of drug-likeness (QED) is 0.230. The lowest BCUT2D eigenvalue weighted by Crippen LogP contribution is -2.39. The number of carbonyl (C=O) groups is 1. The van der Waals surface area contributed by atoms with E-state index in [1.54, 1.807) is 25.6 Å². The minimum Gasteiger partial charge on any atom is -0.385 e. The molecular weight excluding hydrogens is 536 g/mol. The van der Waals surface area contributed by atoms with Crippen molar-refractivity contribution in [2.45, 2.75) is 45.9 Å². The monoisotopic (exact) mass is 574 g/mol. The van der Waals surface area contributed by atoms with Crippen molar-refractivity contribution >= 4 is 21.7 Å². The number of amides is 1. The molecule has 0 aliphatic rings. The normalized spacial score (nSPS) is 11.7. The van der Waals surface area contributed by atoms with Crippen LogP contribution in [0.25, 0.3) is 16.8 Å². The maximum atomic E-state index is 14.0. The van der Waals surface area contributed by atoms with Gasteiger partial charge in [-0.1, -0.05) is 66.2 Å². The molecule has 0 fully saturated rings. The standard InChI is InChI=1S/C32H38N4O4S/c1-22-19-24(3)31(25(4)20-22)41(38,39)35(17-12-18-40-6)21-29(37)33-32-30(27-14-8-7-9-15-27)26(5)34-36(32)28-16-11-10-13-23(28)2/h7-11,13-16,19-20H,12,17-18,21H2,1-6H3,(H,33,37). The summed E-state index contributed by atoms with van der Waals surface area (Å²) in [5, 5.41) is 7.82. The van der Waals surface area contributed by atoms with E-state index in [0.29, 0.717) is 30.0 Å².